The maximum atomic E-state index is 12.0. The van der Waals surface area contributed by atoms with E-state index in [9.17, 15) is 4.79 Å². The SMILES string of the molecule is CC(C)(C)OC(=O)NCC1CCC(Cn2ncc3cnc(Nc4ccc(C5CCCCC5)cc4)nc32)CC1. The number of ether oxygens (including phenoxy) is 1. The van der Waals surface area contributed by atoms with E-state index < -0.39 is 5.60 Å². The summed E-state index contributed by atoms with van der Waals surface area (Å²) in [6.07, 6.45) is 14.5. The van der Waals surface area contributed by atoms with Crippen LogP contribution in [0.4, 0.5) is 16.4 Å². The molecule has 8 heteroatoms. The van der Waals surface area contributed by atoms with Crippen LogP contribution in [-0.4, -0.2) is 38.0 Å². The number of carbonyl (C=O) groups is 1. The van der Waals surface area contributed by atoms with Crippen molar-refractivity contribution in [1.82, 2.24) is 25.1 Å². The van der Waals surface area contributed by atoms with Crippen molar-refractivity contribution in [1.29, 1.82) is 0 Å². The van der Waals surface area contributed by atoms with Gasteiger partial charge in [0.2, 0.25) is 5.95 Å². The van der Waals surface area contributed by atoms with E-state index in [4.69, 9.17) is 9.72 Å². The lowest BCUT2D eigenvalue weighted by molar-refractivity contribution is 0.0513. The molecule has 204 valence electrons. The third kappa shape index (κ3) is 7.03. The molecule has 1 aromatic carbocycles. The minimum absolute atomic E-state index is 0.327. The Labute approximate surface area is 226 Å². The molecule has 0 bridgehead atoms. The fourth-order valence-corrected chi connectivity index (χ4v) is 5.87. The summed E-state index contributed by atoms with van der Waals surface area (Å²) in [5.41, 5.74) is 2.86. The van der Waals surface area contributed by atoms with Crippen LogP contribution < -0.4 is 10.6 Å². The lowest BCUT2D eigenvalue weighted by atomic mass is 9.82. The van der Waals surface area contributed by atoms with Gasteiger partial charge < -0.3 is 15.4 Å². The van der Waals surface area contributed by atoms with E-state index in [1.165, 1.54) is 37.7 Å². The highest BCUT2D eigenvalue weighted by atomic mass is 16.6. The molecule has 2 saturated carbocycles. The molecule has 0 atom stereocenters. The van der Waals surface area contributed by atoms with Gasteiger partial charge in [-0.05, 0) is 94.7 Å². The Hall–Kier alpha value is -3.16. The number of alkyl carbamates (subject to hydrolysis) is 1. The summed E-state index contributed by atoms with van der Waals surface area (Å²) in [5, 5.41) is 11.9. The number of nitrogens with zero attached hydrogens (tertiary/aromatic N) is 4. The van der Waals surface area contributed by atoms with Gasteiger partial charge in [0.25, 0.3) is 0 Å². The molecule has 0 aliphatic heterocycles. The van der Waals surface area contributed by atoms with E-state index in [1.807, 2.05) is 37.8 Å². The quantitative estimate of drug-likeness (QED) is 0.351. The van der Waals surface area contributed by atoms with Crippen LogP contribution in [0.2, 0.25) is 0 Å². The van der Waals surface area contributed by atoms with Crippen molar-refractivity contribution < 1.29 is 9.53 Å². The first kappa shape index (κ1) is 26.4. The molecule has 0 saturated heterocycles. The summed E-state index contributed by atoms with van der Waals surface area (Å²) in [6, 6.07) is 8.79. The van der Waals surface area contributed by atoms with Crippen molar-refractivity contribution >= 4 is 28.8 Å². The monoisotopic (exact) mass is 518 g/mol. The summed E-state index contributed by atoms with van der Waals surface area (Å²) in [5.74, 6) is 2.35. The zero-order chi connectivity index (χ0) is 26.5. The predicted octanol–water partition coefficient (Wildman–Crippen LogP) is 6.95. The van der Waals surface area contributed by atoms with Crippen molar-refractivity contribution in [2.45, 2.75) is 96.6 Å². The highest BCUT2D eigenvalue weighted by molar-refractivity contribution is 5.75. The number of amides is 1. The standard InChI is InChI=1S/C30H42N6O2/c1-30(2,3)38-29(37)32-17-21-9-11-22(12-10-21)20-36-27-25(19-33-36)18-31-28(35-27)34-26-15-13-24(14-16-26)23-7-5-4-6-8-23/h13-16,18-19,21-23H,4-12,17,20H2,1-3H3,(H,32,37)(H,31,34,35). The molecular weight excluding hydrogens is 476 g/mol. The van der Waals surface area contributed by atoms with Crippen LogP contribution in [0, 0.1) is 11.8 Å². The fourth-order valence-electron chi connectivity index (χ4n) is 5.87. The maximum absolute atomic E-state index is 12.0. The second-order valence-corrected chi connectivity index (χ2v) is 12.2. The molecule has 8 nitrogen and oxygen atoms in total. The van der Waals surface area contributed by atoms with Crippen molar-refractivity contribution in [2.24, 2.45) is 11.8 Å². The first-order chi connectivity index (χ1) is 18.3. The van der Waals surface area contributed by atoms with Crippen molar-refractivity contribution in [3.63, 3.8) is 0 Å². The lowest BCUT2D eigenvalue weighted by Crippen LogP contribution is -2.36. The Morgan fingerprint density at radius 1 is 0.974 bits per heavy atom. The molecule has 0 radical (unpaired) electrons. The zero-order valence-corrected chi connectivity index (χ0v) is 23.1. The Morgan fingerprint density at radius 3 is 2.39 bits per heavy atom. The van der Waals surface area contributed by atoms with E-state index in [0.29, 0.717) is 30.2 Å². The molecule has 5 rings (SSSR count). The third-order valence-corrected chi connectivity index (χ3v) is 7.95. The number of rotatable bonds is 7. The average Bonchev–Trinajstić information content (AvgIpc) is 3.30. The van der Waals surface area contributed by atoms with Gasteiger partial charge in [-0.1, -0.05) is 31.4 Å². The average molecular weight is 519 g/mol. The molecule has 2 aliphatic carbocycles. The molecule has 3 aromatic rings. The normalized spacial score (nSPS) is 20.8. The Kier molecular flexibility index (Phi) is 8.15. The minimum Gasteiger partial charge on any atom is -0.444 e. The largest absolute Gasteiger partial charge is 0.444 e. The fraction of sp³-hybridized carbons (Fsp3) is 0.600. The smallest absolute Gasteiger partial charge is 0.407 e. The van der Waals surface area contributed by atoms with Crippen molar-refractivity contribution in [3.8, 4) is 0 Å². The predicted molar refractivity (Wildman–Crippen MR) is 151 cm³/mol. The van der Waals surface area contributed by atoms with Crippen LogP contribution >= 0.6 is 0 Å². The Morgan fingerprint density at radius 2 is 1.68 bits per heavy atom. The van der Waals surface area contributed by atoms with Crippen LogP contribution in [0.25, 0.3) is 11.0 Å². The number of hydrogen-bond donors (Lipinski definition) is 2. The van der Waals surface area contributed by atoms with Crippen LogP contribution in [0.3, 0.4) is 0 Å². The van der Waals surface area contributed by atoms with E-state index in [0.717, 1.165) is 48.9 Å². The van der Waals surface area contributed by atoms with Gasteiger partial charge >= 0.3 is 6.09 Å². The van der Waals surface area contributed by atoms with Gasteiger partial charge in [0, 0.05) is 25.0 Å². The first-order valence-electron chi connectivity index (χ1n) is 14.3. The molecule has 0 spiro atoms. The lowest BCUT2D eigenvalue weighted by Gasteiger charge is -2.29. The summed E-state index contributed by atoms with van der Waals surface area (Å²) < 4.78 is 7.39. The topological polar surface area (TPSA) is 94.0 Å². The Balaban J connectivity index is 1.14. The molecule has 2 fully saturated rings. The molecule has 2 heterocycles. The first-order valence-corrected chi connectivity index (χ1v) is 14.3. The van der Waals surface area contributed by atoms with E-state index in [2.05, 4.69) is 45.0 Å². The molecule has 0 unspecified atom stereocenters. The number of nitrogens with one attached hydrogen (secondary N) is 2. The summed E-state index contributed by atoms with van der Waals surface area (Å²) in [4.78, 5) is 21.3. The molecular formula is C30H42N6O2. The number of carbonyl (C=O) groups excluding carboxylic acids is 1. The third-order valence-electron chi connectivity index (χ3n) is 7.95. The van der Waals surface area contributed by atoms with E-state index in [-0.39, 0.29) is 6.09 Å². The number of hydrogen-bond acceptors (Lipinski definition) is 6. The van der Waals surface area contributed by atoms with Gasteiger partial charge in [-0.25, -0.2) is 14.5 Å². The summed E-state index contributed by atoms with van der Waals surface area (Å²) in [7, 11) is 0. The number of anilines is 2. The van der Waals surface area contributed by atoms with Crippen LogP contribution in [0.1, 0.15) is 90.0 Å². The van der Waals surface area contributed by atoms with Gasteiger partial charge in [0.15, 0.2) is 5.65 Å². The molecule has 2 aliphatic rings. The molecule has 2 N–H and O–H groups in total. The van der Waals surface area contributed by atoms with Gasteiger partial charge in [-0.3, -0.25) is 0 Å². The van der Waals surface area contributed by atoms with Gasteiger partial charge in [-0.15, -0.1) is 0 Å². The van der Waals surface area contributed by atoms with Crippen LogP contribution in [-0.2, 0) is 11.3 Å². The van der Waals surface area contributed by atoms with Gasteiger partial charge in [0.05, 0.1) is 11.6 Å². The molecule has 38 heavy (non-hydrogen) atoms. The van der Waals surface area contributed by atoms with E-state index >= 15 is 0 Å². The highest BCUT2D eigenvalue weighted by Crippen LogP contribution is 2.33. The van der Waals surface area contributed by atoms with E-state index in [1.54, 1.807) is 0 Å². The van der Waals surface area contributed by atoms with Gasteiger partial charge in [0.1, 0.15) is 5.60 Å². The molecule has 1 amide bonds. The Bertz CT molecular complexity index is 1200. The minimum atomic E-state index is -0.466. The van der Waals surface area contributed by atoms with Crippen LogP contribution in [0.5, 0.6) is 0 Å². The zero-order valence-electron chi connectivity index (χ0n) is 23.1. The second-order valence-electron chi connectivity index (χ2n) is 12.2. The maximum Gasteiger partial charge on any atom is 0.407 e. The van der Waals surface area contributed by atoms with Gasteiger partial charge in [-0.2, -0.15) is 10.1 Å². The number of fused-ring (bicyclic) bond motifs is 1. The highest BCUT2D eigenvalue weighted by Gasteiger charge is 2.24. The van der Waals surface area contributed by atoms with Crippen LogP contribution in [0.15, 0.2) is 36.7 Å². The molecule has 2 aromatic heterocycles. The number of benzene rings is 1. The number of aromatic nitrogens is 4. The summed E-state index contributed by atoms with van der Waals surface area (Å²) in [6.45, 7) is 7.18. The second kappa shape index (κ2) is 11.7. The summed E-state index contributed by atoms with van der Waals surface area (Å²) >= 11 is 0. The van der Waals surface area contributed by atoms with Crippen molar-refractivity contribution in [3.05, 3.63) is 42.2 Å². The van der Waals surface area contributed by atoms with Crippen molar-refractivity contribution in [2.75, 3.05) is 11.9 Å².